The maximum Gasteiger partial charge on any atom is 0.337 e. The Morgan fingerprint density at radius 2 is 2.12 bits per heavy atom. The molecule has 0 heterocycles. The third kappa shape index (κ3) is 3.31. The average molecular weight is 235 g/mol. The van der Waals surface area contributed by atoms with Crippen molar-refractivity contribution in [1.82, 2.24) is 0 Å². The molecular formula is C12H10FNO3. The summed E-state index contributed by atoms with van der Waals surface area (Å²) in [6, 6.07) is 3.53. The van der Waals surface area contributed by atoms with E-state index >= 15 is 0 Å². The van der Waals surface area contributed by atoms with Gasteiger partial charge in [-0.25, -0.2) is 9.18 Å². The fourth-order valence-corrected chi connectivity index (χ4v) is 1.13. The van der Waals surface area contributed by atoms with Crippen LogP contribution in [-0.4, -0.2) is 19.0 Å². The Balaban J connectivity index is 3.01. The molecule has 0 saturated carbocycles. The van der Waals surface area contributed by atoms with E-state index in [9.17, 15) is 14.0 Å². The van der Waals surface area contributed by atoms with Gasteiger partial charge < -0.3 is 10.1 Å². The van der Waals surface area contributed by atoms with Crippen molar-refractivity contribution >= 4 is 17.6 Å². The molecule has 0 spiro atoms. The number of anilines is 1. The van der Waals surface area contributed by atoms with Crippen LogP contribution in [0, 0.1) is 17.7 Å². The number of carbonyl (C=O) groups excluding carboxylic acids is 2. The molecule has 0 atom stereocenters. The molecule has 0 aromatic heterocycles. The summed E-state index contributed by atoms with van der Waals surface area (Å²) in [5.41, 5.74) is 0.0364. The summed E-state index contributed by atoms with van der Waals surface area (Å²) >= 11 is 0. The number of halogens is 1. The highest BCUT2D eigenvalue weighted by Crippen LogP contribution is 2.16. The molecule has 4 nitrogen and oxygen atoms in total. The van der Waals surface area contributed by atoms with Crippen molar-refractivity contribution in [2.45, 2.75) is 6.92 Å². The van der Waals surface area contributed by atoms with Crippen LogP contribution >= 0.6 is 0 Å². The summed E-state index contributed by atoms with van der Waals surface area (Å²) in [5, 5.41) is 2.24. The second-order valence-electron chi connectivity index (χ2n) is 3.02. The zero-order valence-electron chi connectivity index (χ0n) is 9.33. The molecule has 0 aliphatic rings. The number of esters is 1. The maximum atomic E-state index is 13.3. The molecule has 0 saturated heterocycles. The van der Waals surface area contributed by atoms with Crippen LogP contribution in [0.4, 0.5) is 10.1 Å². The first-order chi connectivity index (χ1) is 8.08. The van der Waals surface area contributed by atoms with Crippen molar-refractivity contribution in [2.75, 3.05) is 12.4 Å². The third-order valence-corrected chi connectivity index (χ3v) is 1.87. The van der Waals surface area contributed by atoms with Crippen LogP contribution in [0.3, 0.4) is 0 Å². The number of nitrogens with one attached hydrogen (secondary N) is 1. The minimum atomic E-state index is -0.649. The van der Waals surface area contributed by atoms with Gasteiger partial charge in [-0.2, -0.15) is 0 Å². The Labute approximate surface area is 97.8 Å². The molecule has 1 amide bonds. The van der Waals surface area contributed by atoms with E-state index in [0.29, 0.717) is 0 Å². The molecule has 0 aliphatic carbocycles. The zero-order valence-corrected chi connectivity index (χ0v) is 9.33. The lowest BCUT2D eigenvalue weighted by Crippen LogP contribution is -2.11. The summed E-state index contributed by atoms with van der Waals surface area (Å²) in [6.07, 6.45) is 0. The highest BCUT2D eigenvalue weighted by Gasteiger charge is 2.11. The Morgan fingerprint density at radius 3 is 2.71 bits per heavy atom. The molecule has 1 aromatic carbocycles. The van der Waals surface area contributed by atoms with E-state index in [4.69, 9.17) is 0 Å². The van der Waals surface area contributed by atoms with E-state index in [1.165, 1.54) is 26.2 Å². The molecule has 0 unspecified atom stereocenters. The Hall–Kier alpha value is -2.35. The van der Waals surface area contributed by atoms with Gasteiger partial charge in [0, 0.05) is 0 Å². The number of hydrogen-bond donors (Lipinski definition) is 1. The van der Waals surface area contributed by atoms with Crippen LogP contribution in [0.15, 0.2) is 18.2 Å². The molecule has 17 heavy (non-hydrogen) atoms. The smallest absolute Gasteiger partial charge is 0.337 e. The zero-order chi connectivity index (χ0) is 12.8. The lowest BCUT2D eigenvalue weighted by atomic mass is 10.2. The first-order valence-corrected chi connectivity index (χ1v) is 4.70. The molecule has 5 heteroatoms. The maximum absolute atomic E-state index is 13.3. The van der Waals surface area contributed by atoms with Crippen molar-refractivity contribution < 1.29 is 18.7 Å². The van der Waals surface area contributed by atoms with Crippen LogP contribution in [0.25, 0.3) is 0 Å². The lowest BCUT2D eigenvalue weighted by Gasteiger charge is -2.05. The Bertz CT molecular complexity index is 514. The summed E-state index contributed by atoms with van der Waals surface area (Å²) in [7, 11) is 1.21. The Kier molecular flexibility index (Phi) is 4.23. The summed E-state index contributed by atoms with van der Waals surface area (Å²) < 4.78 is 17.8. The second kappa shape index (κ2) is 5.66. The van der Waals surface area contributed by atoms with Crippen LogP contribution < -0.4 is 5.32 Å². The Morgan fingerprint density at radius 1 is 1.41 bits per heavy atom. The van der Waals surface area contributed by atoms with Crippen LogP contribution in [0.5, 0.6) is 0 Å². The van der Waals surface area contributed by atoms with Gasteiger partial charge in [-0.05, 0) is 31.0 Å². The highest BCUT2D eigenvalue weighted by molar-refractivity contribution is 6.04. The number of carbonyl (C=O) groups is 2. The monoisotopic (exact) mass is 235 g/mol. The van der Waals surface area contributed by atoms with E-state index in [1.54, 1.807) is 0 Å². The first-order valence-electron chi connectivity index (χ1n) is 4.70. The fraction of sp³-hybridized carbons (Fsp3) is 0.167. The number of rotatable bonds is 2. The molecule has 88 valence electrons. The van der Waals surface area contributed by atoms with Gasteiger partial charge in [0.25, 0.3) is 5.91 Å². The summed E-state index contributed by atoms with van der Waals surface area (Å²) in [5.74, 6) is 2.68. The number of hydrogen-bond acceptors (Lipinski definition) is 3. The predicted octanol–water partition coefficient (Wildman–Crippen LogP) is 1.57. The van der Waals surface area contributed by atoms with Gasteiger partial charge >= 0.3 is 5.97 Å². The molecular weight excluding hydrogens is 225 g/mol. The number of methoxy groups -OCH3 is 1. The van der Waals surface area contributed by atoms with Crippen molar-refractivity contribution in [1.29, 1.82) is 0 Å². The van der Waals surface area contributed by atoms with E-state index < -0.39 is 17.7 Å². The van der Waals surface area contributed by atoms with Crippen molar-refractivity contribution in [3.05, 3.63) is 29.6 Å². The molecule has 0 radical (unpaired) electrons. The minimum Gasteiger partial charge on any atom is -0.465 e. The van der Waals surface area contributed by atoms with E-state index in [-0.39, 0.29) is 11.3 Å². The van der Waals surface area contributed by atoms with E-state index in [1.807, 2.05) is 0 Å². The average Bonchev–Trinajstić information content (AvgIpc) is 2.31. The van der Waals surface area contributed by atoms with Gasteiger partial charge in [0.15, 0.2) is 0 Å². The van der Waals surface area contributed by atoms with Gasteiger partial charge in [0.1, 0.15) is 5.82 Å². The molecule has 0 aliphatic heterocycles. The van der Waals surface area contributed by atoms with Gasteiger partial charge in [-0.15, -0.1) is 0 Å². The third-order valence-electron chi connectivity index (χ3n) is 1.87. The van der Waals surface area contributed by atoms with Gasteiger partial charge in [0.05, 0.1) is 18.4 Å². The van der Waals surface area contributed by atoms with Crippen LogP contribution in [0.2, 0.25) is 0 Å². The van der Waals surface area contributed by atoms with Gasteiger partial charge in [-0.3, -0.25) is 4.79 Å². The normalized spacial score (nSPS) is 8.88. The quantitative estimate of drug-likeness (QED) is 0.625. The number of amides is 1. The molecule has 0 fully saturated rings. The second-order valence-corrected chi connectivity index (χ2v) is 3.02. The fourth-order valence-electron chi connectivity index (χ4n) is 1.13. The van der Waals surface area contributed by atoms with Crippen molar-refractivity contribution in [3.8, 4) is 11.8 Å². The van der Waals surface area contributed by atoms with E-state index in [2.05, 4.69) is 21.9 Å². The van der Waals surface area contributed by atoms with Crippen LogP contribution in [0.1, 0.15) is 17.3 Å². The molecule has 1 N–H and O–H groups in total. The molecule has 1 rings (SSSR count). The standard InChI is InChI=1S/C12H10FNO3/c1-3-4-11(15)14-10-7-8(12(16)17-2)5-6-9(10)13/h5-7H,1-2H3,(H,14,15). The van der Waals surface area contributed by atoms with Gasteiger partial charge in [0.2, 0.25) is 0 Å². The minimum absolute atomic E-state index is 0.111. The van der Waals surface area contributed by atoms with Crippen molar-refractivity contribution in [2.24, 2.45) is 0 Å². The first kappa shape index (κ1) is 12.7. The lowest BCUT2D eigenvalue weighted by molar-refractivity contribution is -0.111. The summed E-state index contributed by atoms with van der Waals surface area (Å²) in [4.78, 5) is 22.4. The van der Waals surface area contributed by atoms with Gasteiger partial charge in [-0.1, -0.05) is 5.92 Å². The largest absolute Gasteiger partial charge is 0.465 e. The SMILES string of the molecule is CC#CC(=O)Nc1cc(C(=O)OC)ccc1F. The van der Waals surface area contributed by atoms with Crippen molar-refractivity contribution in [3.63, 3.8) is 0 Å². The highest BCUT2D eigenvalue weighted by atomic mass is 19.1. The molecule has 1 aromatic rings. The summed E-state index contributed by atoms with van der Waals surface area (Å²) in [6.45, 7) is 1.49. The topological polar surface area (TPSA) is 55.4 Å². The number of benzene rings is 1. The number of ether oxygens (including phenoxy) is 1. The van der Waals surface area contributed by atoms with Crippen LogP contribution in [-0.2, 0) is 9.53 Å². The molecule has 0 bridgehead atoms. The van der Waals surface area contributed by atoms with E-state index in [0.717, 1.165) is 6.07 Å². The predicted molar refractivity (Wildman–Crippen MR) is 59.8 cm³/mol.